The van der Waals surface area contributed by atoms with E-state index in [2.05, 4.69) is 10.3 Å². The molecule has 140 valence electrons. The molecule has 2 aromatic carbocycles. The van der Waals surface area contributed by atoms with E-state index in [0.717, 1.165) is 24.0 Å². The molecule has 0 radical (unpaired) electrons. The SMILES string of the molecule is NC(Cc1ccc(O)cc1)c1nc(C(=O)NCc2c(F)cccc2F)co1. The maximum Gasteiger partial charge on any atom is 0.273 e. The predicted molar refractivity (Wildman–Crippen MR) is 92.8 cm³/mol. The fraction of sp³-hybridized carbons (Fsp3) is 0.158. The molecule has 6 nitrogen and oxygen atoms in total. The van der Waals surface area contributed by atoms with Crippen molar-refractivity contribution in [1.82, 2.24) is 10.3 Å². The Labute approximate surface area is 153 Å². The minimum absolute atomic E-state index is 0.0390. The van der Waals surface area contributed by atoms with Crippen LogP contribution in [0.2, 0.25) is 0 Å². The number of hydrogen-bond acceptors (Lipinski definition) is 5. The summed E-state index contributed by atoms with van der Waals surface area (Å²) >= 11 is 0. The highest BCUT2D eigenvalue weighted by atomic mass is 19.1. The van der Waals surface area contributed by atoms with Crippen LogP contribution < -0.4 is 11.1 Å². The third-order valence-electron chi connectivity index (χ3n) is 3.95. The Morgan fingerprint density at radius 1 is 1.19 bits per heavy atom. The molecule has 0 saturated carbocycles. The molecular formula is C19H17F2N3O3. The van der Waals surface area contributed by atoms with Crippen molar-refractivity contribution < 1.29 is 23.1 Å². The van der Waals surface area contributed by atoms with E-state index in [4.69, 9.17) is 10.2 Å². The lowest BCUT2D eigenvalue weighted by Crippen LogP contribution is -2.24. The third-order valence-corrected chi connectivity index (χ3v) is 3.95. The van der Waals surface area contributed by atoms with Crippen LogP contribution in [0.5, 0.6) is 5.75 Å². The molecule has 0 aliphatic carbocycles. The molecule has 1 heterocycles. The number of carbonyl (C=O) groups excluding carboxylic acids is 1. The van der Waals surface area contributed by atoms with Gasteiger partial charge >= 0.3 is 0 Å². The van der Waals surface area contributed by atoms with E-state index in [9.17, 15) is 18.7 Å². The molecule has 1 amide bonds. The fourth-order valence-electron chi connectivity index (χ4n) is 2.50. The Bertz CT molecular complexity index is 921. The second-order valence-electron chi connectivity index (χ2n) is 5.93. The van der Waals surface area contributed by atoms with Gasteiger partial charge in [0.2, 0.25) is 5.89 Å². The number of rotatable bonds is 6. The van der Waals surface area contributed by atoms with Crippen molar-refractivity contribution >= 4 is 5.91 Å². The fourth-order valence-corrected chi connectivity index (χ4v) is 2.50. The van der Waals surface area contributed by atoms with Crippen LogP contribution in [0.25, 0.3) is 0 Å². The highest BCUT2D eigenvalue weighted by Crippen LogP contribution is 2.18. The van der Waals surface area contributed by atoms with Crippen molar-refractivity contribution in [3.63, 3.8) is 0 Å². The van der Waals surface area contributed by atoms with Crippen LogP contribution in [-0.4, -0.2) is 16.0 Å². The van der Waals surface area contributed by atoms with Gasteiger partial charge < -0.3 is 20.6 Å². The van der Waals surface area contributed by atoms with Gasteiger partial charge in [-0.3, -0.25) is 4.79 Å². The first-order chi connectivity index (χ1) is 12.9. The number of oxazole rings is 1. The van der Waals surface area contributed by atoms with Crippen LogP contribution in [0, 0.1) is 11.6 Å². The number of phenolic OH excluding ortho intramolecular Hbond substituents is 1. The van der Waals surface area contributed by atoms with E-state index in [0.29, 0.717) is 6.42 Å². The minimum Gasteiger partial charge on any atom is -0.508 e. The second kappa shape index (κ2) is 7.96. The first-order valence-electron chi connectivity index (χ1n) is 8.14. The van der Waals surface area contributed by atoms with Crippen LogP contribution in [0.4, 0.5) is 8.78 Å². The van der Waals surface area contributed by atoms with Crippen LogP contribution in [0.15, 0.2) is 53.1 Å². The van der Waals surface area contributed by atoms with Gasteiger partial charge in [-0.05, 0) is 36.2 Å². The van der Waals surface area contributed by atoms with Crippen molar-refractivity contribution in [2.24, 2.45) is 5.73 Å². The number of benzene rings is 2. The summed E-state index contributed by atoms with van der Waals surface area (Å²) in [6.45, 7) is -0.320. The average Bonchev–Trinajstić information content (AvgIpc) is 3.13. The summed E-state index contributed by atoms with van der Waals surface area (Å²) < 4.78 is 32.4. The van der Waals surface area contributed by atoms with Crippen LogP contribution in [0.1, 0.15) is 33.5 Å². The summed E-state index contributed by atoms with van der Waals surface area (Å²) in [7, 11) is 0. The molecule has 4 N–H and O–H groups in total. The smallest absolute Gasteiger partial charge is 0.273 e. The number of nitrogens with two attached hydrogens (primary N) is 1. The Morgan fingerprint density at radius 3 is 2.52 bits per heavy atom. The van der Waals surface area contributed by atoms with Gasteiger partial charge in [0.05, 0.1) is 6.04 Å². The molecule has 27 heavy (non-hydrogen) atoms. The van der Waals surface area contributed by atoms with E-state index in [-0.39, 0.29) is 29.4 Å². The number of nitrogens with one attached hydrogen (secondary N) is 1. The second-order valence-corrected chi connectivity index (χ2v) is 5.93. The number of nitrogens with zero attached hydrogens (tertiary/aromatic N) is 1. The topological polar surface area (TPSA) is 101 Å². The van der Waals surface area contributed by atoms with E-state index < -0.39 is 23.6 Å². The Kier molecular flexibility index (Phi) is 5.46. The maximum atomic E-state index is 13.6. The monoisotopic (exact) mass is 373 g/mol. The average molecular weight is 373 g/mol. The Balaban J connectivity index is 1.62. The summed E-state index contributed by atoms with van der Waals surface area (Å²) in [6, 6.07) is 9.39. The molecule has 0 spiro atoms. The van der Waals surface area contributed by atoms with Gasteiger partial charge in [-0.15, -0.1) is 0 Å². The van der Waals surface area contributed by atoms with Gasteiger partial charge in [-0.2, -0.15) is 0 Å². The lowest BCUT2D eigenvalue weighted by Gasteiger charge is -2.07. The molecule has 0 aliphatic rings. The molecule has 8 heteroatoms. The van der Waals surface area contributed by atoms with Crippen molar-refractivity contribution in [3.05, 3.63) is 83.1 Å². The molecule has 1 aromatic heterocycles. The first kappa shape index (κ1) is 18.5. The third kappa shape index (κ3) is 4.48. The van der Waals surface area contributed by atoms with Crippen LogP contribution in [-0.2, 0) is 13.0 Å². The highest BCUT2D eigenvalue weighted by Gasteiger charge is 2.18. The quantitative estimate of drug-likeness (QED) is 0.617. The molecule has 1 unspecified atom stereocenters. The number of carbonyl (C=O) groups is 1. The number of phenols is 1. The largest absolute Gasteiger partial charge is 0.508 e. The molecular weight excluding hydrogens is 356 g/mol. The Morgan fingerprint density at radius 2 is 1.85 bits per heavy atom. The van der Waals surface area contributed by atoms with Gasteiger partial charge in [0.1, 0.15) is 23.6 Å². The summed E-state index contributed by atoms with van der Waals surface area (Å²) in [6.07, 6.45) is 1.53. The Hall–Kier alpha value is -3.26. The summed E-state index contributed by atoms with van der Waals surface area (Å²) in [5, 5.41) is 11.7. The number of aromatic nitrogens is 1. The number of aromatic hydroxyl groups is 1. The standard InChI is InChI=1S/C19H17F2N3O3/c20-14-2-1-3-15(21)13(14)9-23-18(26)17-10-27-19(24-17)16(22)8-11-4-6-12(25)7-5-11/h1-7,10,16,25H,8-9,22H2,(H,23,26). The van der Waals surface area contributed by atoms with Crippen molar-refractivity contribution in [2.75, 3.05) is 0 Å². The van der Waals surface area contributed by atoms with Gasteiger partial charge in [-0.1, -0.05) is 18.2 Å². The lowest BCUT2D eigenvalue weighted by atomic mass is 10.1. The summed E-state index contributed by atoms with van der Waals surface area (Å²) in [4.78, 5) is 16.2. The van der Waals surface area contributed by atoms with E-state index in [1.54, 1.807) is 24.3 Å². The molecule has 3 aromatic rings. The molecule has 0 aliphatic heterocycles. The molecule has 1 atom stereocenters. The number of hydrogen-bond donors (Lipinski definition) is 3. The summed E-state index contributed by atoms with van der Waals surface area (Å²) in [5.74, 6) is -1.82. The molecule has 3 rings (SSSR count). The predicted octanol–water partition coefficient (Wildman–Crippen LogP) is 2.83. The summed E-state index contributed by atoms with van der Waals surface area (Å²) in [5.41, 5.74) is 6.62. The normalized spacial score (nSPS) is 12.0. The zero-order chi connectivity index (χ0) is 19.4. The van der Waals surface area contributed by atoms with Crippen LogP contribution in [0.3, 0.4) is 0 Å². The van der Waals surface area contributed by atoms with Crippen molar-refractivity contribution in [1.29, 1.82) is 0 Å². The molecule has 0 saturated heterocycles. The van der Waals surface area contributed by atoms with Gasteiger partial charge in [0, 0.05) is 12.1 Å². The molecule has 0 fully saturated rings. The number of halogens is 2. The van der Waals surface area contributed by atoms with Gasteiger partial charge in [0.15, 0.2) is 5.69 Å². The van der Waals surface area contributed by atoms with Crippen molar-refractivity contribution in [3.8, 4) is 5.75 Å². The van der Waals surface area contributed by atoms with Gasteiger partial charge in [0.25, 0.3) is 5.91 Å². The van der Waals surface area contributed by atoms with E-state index >= 15 is 0 Å². The highest BCUT2D eigenvalue weighted by molar-refractivity contribution is 5.91. The zero-order valence-electron chi connectivity index (χ0n) is 14.2. The van der Waals surface area contributed by atoms with Crippen molar-refractivity contribution in [2.45, 2.75) is 19.0 Å². The minimum atomic E-state index is -0.743. The zero-order valence-corrected chi connectivity index (χ0v) is 14.2. The van der Waals surface area contributed by atoms with E-state index in [1.165, 1.54) is 6.07 Å². The van der Waals surface area contributed by atoms with E-state index in [1.807, 2.05) is 0 Å². The van der Waals surface area contributed by atoms with Gasteiger partial charge in [-0.25, -0.2) is 13.8 Å². The maximum absolute atomic E-state index is 13.6. The lowest BCUT2D eigenvalue weighted by molar-refractivity contribution is 0.0945. The van der Waals surface area contributed by atoms with Crippen LogP contribution >= 0.6 is 0 Å². The molecule has 0 bridgehead atoms. The first-order valence-corrected chi connectivity index (χ1v) is 8.14. The number of amides is 1.